The summed E-state index contributed by atoms with van der Waals surface area (Å²) in [5.74, 6) is -6.26. The van der Waals surface area contributed by atoms with E-state index in [9.17, 15) is 83.1 Å². The number of nitrogens with two attached hydrogens (primary N) is 1. The Morgan fingerprint density at radius 1 is 0.500 bits per heavy atom. The Kier molecular flexibility index (Phi) is 77.8. The van der Waals surface area contributed by atoms with Crippen LogP contribution < -0.4 is 16.6 Å². The van der Waals surface area contributed by atoms with Crippen LogP contribution in [0.1, 0.15) is 230 Å². The van der Waals surface area contributed by atoms with Crippen LogP contribution in [0.2, 0.25) is 0 Å². The Balaban J connectivity index is -0.000000327. The van der Waals surface area contributed by atoms with Crippen molar-refractivity contribution in [3.8, 4) is 0 Å². The maximum absolute atomic E-state index is 11.9. The van der Waals surface area contributed by atoms with Crippen molar-refractivity contribution in [2.45, 2.75) is 203 Å². The molecule has 6 unspecified atom stereocenters. The molecule has 0 aliphatic carbocycles. The maximum atomic E-state index is 11.9. The van der Waals surface area contributed by atoms with Gasteiger partial charge >= 0.3 is 65.5 Å². The second kappa shape index (κ2) is 78.7. The molecule has 44 heteroatoms. The van der Waals surface area contributed by atoms with E-state index in [1.54, 1.807) is 145 Å². The number of nitro groups is 3. The van der Waals surface area contributed by atoms with Gasteiger partial charge in [-0.05, 0) is 151 Å². The number of nitrogens with one attached hydrogen (secondary N) is 3. The van der Waals surface area contributed by atoms with Gasteiger partial charge in [0.25, 0.3) is 24.5 Å². The summed E-state index contributed by atoms with van der Waals surface area (Å²) in [6.45, 7) is 45.2. The molecule has 1 aliphatic rings. The van der Waals surface area contributed by atoms with E-state index in [0.717, 1.165) is 6.26 Å². The van der Waals surface area contributed by atoms with Crippen LogP contribution in [0.4, 0.5) is 0 Å². The van der Waals surface area contributed by atoms with E-state index in [-0.39, 0.29) is 87.4 Å². The van der Waals surface area contributed by atoms with Gasteiger partial charge in [0.15, 0.2) is 24.8 Å². The number of fused-ring (bicyclic) bond motifs is 2. The summed E-state index contributed by atoms with van der Waals surface area (Å²) in [7, 11) is 3.81. The number of H-pyrrole nitrogens is 2. The highest BCUT2D eigenvalue weighted by Gasteiger charge is 2.44. The first-order chi connectivity index (χ1) is 60.4. The van der Waals surface area contributed by atoms with Gasteiger partial charge in [0.1, 0.15) is 40.0 Å². The lowest BCUT2D eigenvalue weighted by Gasteiger charge is -2.32. The highest BCUT2D eigenvalue weighted by atomic mass is 16.8. The average molecular weight is 1800 g/mol. The highest BCUT2D eigenvalue weighted by Crippen LogP contribution is 2.25. The second-order valence-corrected chi connectivity index (χ2v) is 21.4. The number of nitrogens with zero attached hydrogens (tertiary/aromatic N) is 7. The zero-order valence-electron chi connectivity index (χ0n) is 77.4. The third-order valence-electron chi connectivity index (χ3n) is 13.7. The third-order valence-corrected chi connectivity index (χ3v) is 13.7. The van der Waals surface area contributed by atoms with Crippen LogP contribution in [0.25, 0.3) is 5.52 Å². The average Bonchev–Trinajstić information content (AvgIpc) is 1.57. The number of aromatic nitrogens is 6. The van der Waals surface area contributed by atoms with Crippen LogP contribution >= 0.6 is 0 Å². The molecule has 0 fully saturated rings. The SMILES string of the molecule is CC.CC.CC.CC.CC.CCO/C=C(/C(=O)OCC)[N+](=O)[O-].CCOC(=O)C(C(OCC)n1cccc1C(=O)OC)[N+](=O)[O-].CCOC(=O)C(N)C(OCC)n1cccc1C(=O)OC.CCOC(=O)C1NC(=O)c2cccn2C1OCC.CCOC(=O)C[N+](=O)[O-].CCOC(=O)c1cn2cccc2c(=O)[nH]1.CCOC(OCC)OCC.COC(=O)c1ccc[nH]1. The number of carbonyl (C=O) groups excluding carboxylic acids is 10. The minimum absolute atomic E-state index is 0.00242. The van der Waals surface area contributed by atoms with Crippen molar-refractivity contribution in [1.29, 1.82) is 0 Å². The number of ether oxygens (including phenoxy) is 16. The summed E-state index contributed by atoms with van der Waals surface area (Å²) >= 11 is 0. The fraction of sp³-hybridized carbons (Fsp3) is 0.573. The first kappa shape index (κ1) is 125. The van der Waals surface area contributed by atoms with Crippen molar-refractivity contribution < 1.29 is 139 Å². The summed E-state index contributed by atoms with van der Waals surface area (Å²) < 4.78 is 83.9. The van der Waals surface area contributed by atoms with Crippen molar-refractivity contribution in [2.75, 3.05) is 114 Å². The first-order valence-electron chi connectivity index (χ1n) is 41.0. The normalized spacial score (nSPS) is 12.3. The molecule has 7 heterocycles. The molecule has 0 spiro atoms. The Hall–Kier alpha value is -12.2. The lowest BCUT2D eigenvalue weighted by Crippen LogP contribution is -2.53. The Labute approximate surface area is 735 Å². The number of aromatic amines is 2. The molecule has 6 atom stereocenters. The number of esters is 9. The number of amides is 1. The molecule has 1 amide bonds. The lowest BCUT2D eigenvalue weighted by molar-refractivity contribution is -0.529. The molecular formula is C82H135N11O33. The highest BCUT2D eigenvalue weighted by molar-refractivity contribution is 5.97. The predicted molar refractivity (Wildman–Crippen MR) is 461 cm³/mol. The monoisotopic (exact) mass is 1800 g/mol. The second-order valence-electron chi connectivity index (χ2n) is 21.4. The quantitative estimate of drug-likeness (QED) is 0.00540. The van der Waals surface area contributed by atoms with Crippen LogP contribution in [0.3, 0.4) is 0 Å². The van der Waals surface area contributed by atoms with E-state index in [1.165, 1.54) is 55.0 Å². The molecular weight excluding hydrogens is 1670 g/mol. The molecule has 126 heavy (non-hydrogen) atoms. The molecule has 0 saturated heterocycles. The van der Waals surface area contributed by atoms with Crippen molar-refractivity contribution >= 4 is 65.1 Å². The Bertz CT molecular complexity index is 4040. The molecule has 6 aromatic heterocycles. The van der Waals surface area contributed by atoms with E-state index < -0.39 is 118 Å². The van der Waals surface area contributed by atoms with E-state index >= 15 is 0 Å². The number of methoxy groups -OCH3 is 3. The molecule has 1 aliphatic heterocycles. The minimum Gasteiger partial charge on any atom is -0.494 e. The standard InChI is InChI=1S/C13H18N2O7.C13H20N2O5.C12H16N2O4.C10H10N2O3.C7H11NO5.C7H16O3.C6H7NO2.C4H7NO4.5C2H6/c1-4-21-11(10(15(18)19)13(17)22-5-2)14-8-6-7-9(14)12(16)20-3;1-4-19-11(10(14)13(17)20-5-2)15-8-6-7-9(15)12(16)18-3;1-3-17-11-9(12(16)18-4-2)13-10(15)8-6-5-7-14(8)11;1-2-15-10(14)7-6-12-5-3-4-8(12)9(13)11-7;1-3-12-5-6(8(10)11)7(9)13-4-2;1-4-8-7(9-5-2)10-6-3;1-9-6(8)5-3-2-4-7-5;1-2-9-4(6)3-5(7)8;5*1-2/h6-8,10-11H,4-5H2,1-3H3;6-8,10-11H,4-5,14H2,1-3H3;5-7,9,11H,3-4H2,1-2H3,(H,13,15);3-6H,2H2,1H3,(H,11,13);5H,3-4H2,1-2H3;7H,4-6H2,1-3H3;2-4,7H,1H3;2-3H2,1H3;5*1-2H3/b;;;;6-5-;;;;;;;;. The zero-order valence-corrected chi connectivity index (χ0v) is 77.4. The molecule has 7 rings (SSSR count). The van der Waals surface area contributed by atoms with Gasteiger partial charge in [-0.25, -0.2) is 38.4 Å². The van der Waals surface area contributed by atoms with Crippen LogP contribution in [-0.4, -0.2) is 241 Å². The minimum atomic E-state index is -1.80. The Morgan fingerprint density at radius 2 is 0.968 bits per heavy atom. The van der Waals surface area contributed by atoms with E-state index in [1.807, 2.05) is 96.9 Å². The van der Waals surface area contributed by atoms with Gasteiger partial charge < -0.3 is 115 Å². The fourth-order valence-corrected chi connectivity index (χ4v) is 9.04. The molecule has 5 N–H and O–H groups in total. The molecule has 0 aromatic carbocycles. The van der Waals surface area contributed by atoms with Crippen LogP contribution in [0.5, 0.6) is 0 Å². The van der Waals surface area contributed by atoms with Gasteiger partial charge in [-0.1, -0.05) is 69.2 Å². The van der Waals surface area contributed by atoms with Crippen LogP contribution in [0.15, 0.2) is 115 Å². The van der Waals surface area contributed by atoms with Crippen LogP contribution in [-0.2, 0) is 99.8 Å². The zero-order chi connectivity index (χ0) is 97.8. The van der Waals surface area contributed by atoms with Crippen molar-refractivity contribution in [3.63, 3.8) is 0 Å². The van der Waals surface area contributed by atoms with E-state index in [0.29, 0.717) is 49.9 Å². The van der Waals surface area contributed by atoms with Gasteiger partial charge in [-0.3, -0.25) is 44.7 Å². The predicted octanol–water partition coefficient (Wildman–Crippen LogP) is 11.1. The van der Waals surface area contributed by atoms with Gasteiger partial charge in [-0.2, -0.15) is 0 Å². The molecule has 44 nitrogen and oxygen atoms in total. The lowest BCUT2D eigenvalue weighted by atomic mass is 10.2. The van der Waals surface area contributed by atoms with E-state index in [4.69, 9.17) is 53.1 Å². The van der Waals surface area contributed by atoms with Gasteiger partial charge in [0, 0.05) is 86.7 Å². The largest absolute Gasteiger partial charge is 0.494 e. The van der Waals surface area contributed by atoms with Gasteiger partial charge in [0.05, 0.1) is 72.5 Å². The first-order valence-corrected chi connectivity index (χ1v) is 41.0. The number of carbonyl (C=O) groups is 10. The number of hydrogen-bond acceptors (Lipinski definition) is 34. The van der Waals surface area contributed by atoms with Crippen molar-refractivity contribution in [2.24, 2.45) is 5.73 Å². The fourth-order valence-electron chi connectivity index (χ4n) is 9.04. The number of rotatable bonds is 36. The van der Waals surface area contributed by atoms with Gasteiger partial charge in [0.2, 0.25) is 6.23 Å². The summed E-state index contributed by atoms with van der Waals surface area (Å²) in [6.07, 6.45) is 7.73. The van der Waals surface area contributed by atoms with E-state index in [2.05, 4.69) is 43.7 Å². The maximum Gasteiger partial charge on any atom is 0.413 e. The summed E-state index contributed by atoms with van der Waals surface area (Å²) in [6, 6.07) is 12.7. The van der Waals surface area contributed by atoms with Gasteiger partial charge in [-0.15, -0.1) is 0 Å². The molecule has 0 radical (unpaired) electrons. The molecule has 716 valence electrons. The van der Waals surface area contributed by atoms with Crippen LogP contribution in [0, 0.1) is 30.3 Å². The third kappa shape index (κ3) is 48.1. The topological polar surface area (TPSA) is 554 Å². The molecule has 6 aromatic rings. The Morgan fingerprint density at radius 3 is 1.40 bits per heavy atom. The molecule has 0 bridgehead atoms. The smallest absolute Gasteiger partial charge is 0.413 e. The summed E-state index contributed by atoms with van der Waals surface area (Å²) in [5.41, 5.74) is 6.79. The van der Waals surface area contributed by atoms with Crippen molar-refractivity contribution in [3.05, 3.63) is 179 Å². The van der Waals surface area contributed by atoms with Crippen molar-refractivity contribution in [1.82, 2.24) is 33.4 Å². The molecule has 0 saturated carbocycles. The summed E-state index contributed by atoms with van der Waals surface area (Å²) in [5, 5.41) is 33.8. The summed E-state index contributed by atoms with van der Waals surface area (Å²) in [4.78, 5) is 159. The number of hydrogen-bond donors (Lipinski definition) is 4.